The Bertz CT molecular complexity index is 808. The second kappa shape index (κ2) is 5.45. The number of fused-ring (bicyclic) bond motifs is 4. The number of halogens is 1. The molecule has 1 saturated heterocycles. The van der Waals surface area contributed by atoms with Crippen molar-refractivity contribution in [3.05, 3.63) is 59.4 Å². The number of nitrogens with one attached hydrogen (secondary N) is 1. The second-order valence-corrected chi connectivity index (χ2v) is 6.91. The van der Waals surface area contributed by atoms with E-state index in [1.54, 1.807) is 12.1 Å². The van der Waals surface area contributed by atoms with E-state index in [0.717, 1.165) is 29.8 Å². The van der Waals surface area contributed by atoms with Crippen LogP contribution in [0.25, 0.3) is 0 Å². The molecule has 24 heavy (non-hydrogen) atoms. The van der Waals surface area contributed by atoms with Crippen LogP contribution < -0.4 is 15.0 Å². The third-order valence-electron chi connectivity index (χ3n) is 4.83. The zero-order chi connectivity index (χ0) is 16.9. The molecule has 2 bridgehead atoms. The van der Waals surface area contributed by atoms with Crippen LogP contribution in [0.3, 0.4) is 0 Å². The molecule has 0 spiro atoms. The maximum atomic E-state index is 13.3. The van der Waals surface area contributed by atoms with E-state index in [1.807, 2.05) is 17.9 Å². The zero-order valence-corrected chi connectivity index (χ0v) is 14.5. The quantitative estimate of drug-likeness (QED) is 0.822. The highest BCUT2D eigenvalue weighted by molar-refractivity contribution is 7.80. The molecule has 2 aliphatic heterocycles. The van der Waals surface area contributed by atoms with Crippen molar-refractivity contribution in [2.45, 2.75) is 38.5 Å². The SMILES string of the molecule is CCc1ccc2c(c1)[C@@H]1C[C@@](C)(O2)N(c2ccc(F)cc2)C(=S)N1. The molecule has 2 aromatic rings. The van der Waals surface area contributed by atoms with Crippen LogP contribution in [0.15, 0.2) is 42.5 Å². The number of nitrogens with zero attached hydrogens (tertiary/aromatic N) is 1. The lowest BCUT2D eigenvalue weighted by atomic mass is 9.89. The van der Waals surface area contributed by atoms with E-state index in [1.165, 1.54) is 17.7 Å². The smallest absolute Gasteiger partial charge is 0.188 e. The van der Waals surface area contributed by atoms with E-state index in [0.29, 0.717) is 5.11 Å². The average molecular weight is 342 g/mol. The van der Waals surface area contributed by atoms with Gasteiger partial charge in [0.1, 0.15) is 11.6 Å². The van der Waals surface area contributed by atoms with Gasteiger partial charge in [0.2, 0.25) is 0 Å². The highest BCUT2D eigenvalue weighted by Crippen LogP contribution is 2.45. The molecule has 0 aromatic heterocycles. The van der Waals surface area contributed by atoms with Crippen LogP contribution in [0.4, 0.5) is 10.1 Å². The van der Waals surface area contributed by atoms with Crippen LogP contribution >= 0.6 is 12.2 Å². The molecule has 3 nitrogen and oxygen atoms in total. The maximum Gasteiger partial charge on any atom is 0.188 e. The molecule has 2 atom stereocenters. The lowest BCUT2D eigenvalue weighted by molar-refractivity contribution is 0.0497. The van der Waals surface area contributed by atoms with Crippen molar-refractivity contribution < 1.29 is 9.13 Å². The second-order valence-electron chi connectivity index (χ2n) is 6.52. The monoisotopic (exact) mass is 342 g/mol. The van der Waals surface area contributed by atoms with E-state index in [9.17, 15) is 4.39 Å². The minimum Gasteiger partial charge on any atom is -0.467 e. The first-order chi connectivity index (χ1) is 11.5. The number of benzene rings is 2. The van der Waals surface area contributed by atoms with Crippen LogP contribution in [0.1, 0.15) is 37.4 Å². The Morgan fingerprint density at radius 3 is 2.75 bits per heavy atom. The molecule has 5 heteroatoms. The summed E-state index contributed by atoms with van der Waals surface area (Å²) in [5.74, 6) is 0.618. The number of hydrogen-bond donors (Lipinski definition) is 1. The van der Waals surface area contributed by atoms with Crippen molar-refractivity contribution in [1.29, 1.82) is 0 Å². The molecular weight excluding hydrogens is 323 g/mol. The van der Waals surface area contributed by atoms with Crippen LogP contribution in [0, 0.1) is 5.82 Å². The van der Waals surface area contributed by atoms with Gasteiger partial charge >= 0.3 is 0 Å². The summed E-state index contributed by atoms with van der Waals surface area (Å²) in [5, 5.41) is 4.03. The van der Waals surface area contributed by atoms with Crippen molar-refractivity contribution in [2.24, 2.45) is 0 Å². The Morgan fingerprint density at radius 1 is 1.29 bits per heavy atom. The summed E-state index contributed by atoms with van der Waals surface area (Å²) in [6.45, 7) is 4.18. The van der Waals surface area contributed by atoms with Gasteiger partial charge in [-0.2, -0.15) is 0 Å². The van der Waals surface area contributed by atoms with Crippen LogP contribution in [0.2, 0.25) is 0 Å². The third kappa shape index (κ3) is 2.35. The van der Waals surface area contributed by atoms with Gasteiger partial charge in [-0.15, -0.1) is 0 Å². The van der Waals surface area contributed by atoms with E-state index in [2.05, 4.69) is 24.4 Å². The number of thiocarbonyl (C=S) groups is 1. The molecule has 0 radical (unpaired) electrons. The summed E-state index contributed by atoms with van der Waals surface area (Å²) in [6.07, 6.45) is 1.76. The molecule has 2 aliphatic rings. The summed E-state index contributed by atoms with van der Waals surface area (Å²) in [6, 6.07) is 12.8. The first-order valence-corrected chi connectivity index (χ1v) is 8.59. The number of hydrogen-bond acceptors (Lipinski definition) is 2. The minimum absolute atomic E-state index is 0.134. The Balaban J connectivity index is 1.77. The molecule has 1 fully saturated rings. The highest BCUT2D eigenvalue weighted by atomic mass is 32.1. The first kappa shape index (κ1) is 15.4. The largest absolute Gasteiger partial charge is 0.467 e. The van der Waals surface area contributed by atoms with E-state index < -0.39 is 5.72 Å². The lowest BCUT2D eigenvalue weighted by Crippen LogP contribution is -2.65. The van der Waals surface area contributed by atoms with Crippen LogP contribution in [0.5, 0.6) is 5.75 Å². The number of rotatable bonds is 2. The number of aryl methyl sites for hydroxylation is 1. The van der Waals surface area contributed by atoms with Gasteiger partial charge < -0.3 is 10.1 Å². The average Bonchev–Trinajstić information content (AvgIpc) is 2.55. The zero-order valence-electron chi connectivity index (χ0n) is 13.7. The first-order valence-electron chi connectivity index (χ1n) is 8.18. The summed E-state index contributed by atoms with van der Waals surface area (Å²) in [5.41, 5.74) is 2.68. The van der Waals surface area contributed by atoms with Gasteiger partial charge in [-0.1, -0.05) is 19.1 Å². The van der Waals surface area contributed by atoms with Crippen molar-refractivity contribution >= 4 is 23.0 Å². The van der Waals surface area contributed by atoms with Gasteiger partial charge in [0, 0.05) is 17.7 Å². The normalized spacial score (nSPS) is 24.9. The van der Waals surface area contributed by atoms with Gasteiger partial charge in [-0.05, 0) is 61.5 Å². The summed E-state index contributed by atoms with van der Waals surface area (Å²) in [4.78, 5) is 1.94. The highest BCUT2D eigenvalue weighted by Gasteiger charge is 2.48. The molecule has 4 rings (SSSR count). The molecule has 0 amide bonds. The Morgan fingerprint density at radius 2 is 2.04 bits per heavy atom. The van der Waals surface area contributed by atoms with Gasteiger partial charge in [-0.25, -0.2) is 4.39 Å². The number of anilines is 1. The molecule has 0 aliphatic carbocycles. The molecular formula is C19H19FN2OS. The van der Waals surface area contributed by atoms with Crippen LogP contribution in [-0.4, -0.2) is 10.8 Å². The minimum atomic E-state index is -0.592. The molecule has 1 N–H and O–H groups in total. The fourth-order valence-corrected chi connectivity index (χ4v) is 4.07. The maximum absolute atomic E-state index is 13.3. The predicted molar refractivity (Wildman–Crippen MR) is 96.8 cm³/mol. The molecule has 124 valence electrons. The molecule has 2 heterocycles. The molecule has 0 saturated carbocycles. The Hall–Kier alpha value is -2.14. The van der Waals surface area contributed by atoms with Gasteiger partial charge in [0.15, 0.2) is 10.8 Å². The van der Waals surface area contributed by atoms with E-state index >= 15 is 0 Å². The molecule has 0 unspecified atom stereocenters. The number of ether oxygens (including phenoxy) is 1. The van der Waals surface area contributed by atoms with Crippen molar-refractivity contribution in [2.75, 3.05) is 4.90 Å². The van der Waals surface area contributed by atoms with Crippen molar-refractivity contribution in [3.63, 3.8) is 0 Å². The van der Waals surface area contributed by atoms with Gasteiger partial charge in [-0.3, -0.25) is 4.90 Å². The summed E-state index contributed by atoms with van der Waals surface area (Å²) in [7, 11) is 0. The van der Waals surface area contributed by atoms with E-state index in [-0.39, 0.29) is 11.9 Å². The topological polar surface area (TPSA) is 24.5 Å². The van der Waals surface area contributed by atoms with Gasteiger partial charge in [0.05, 0.1) is 6.04 Å². The lowest BCUT2D eigenvalue weighted by Gasteiger charge is -2.52. The fourth-order valence-electron chi connectivity index (χ4n) is 3.62. The van der Waals surface area contributed by atoms with Crippen LogP contribution in [-0.2, 0) is 6.42 Å². The van der Waals surface area contributed by atoms with E-state index in [4.69, 9.17) is 17.0 Å². The summed E-state index contributed by atoms with van der Waals surface area (Å²) >= 11 is 5.60. The summed E-state index contributed by atoms with van der Waals surface area (Å²) < 4.78 is 19.6. The molecule has 2 aromatic carbocycles. The third-order valence-corrected chi connectivity index (χ3v) is 5.13. The Labute approximate surface area is 146 Å². The standard InChI is InChI=1S/C19H19FN2OS/c1-3-12-4-9-17-15(10-12)16-11-19(2,23-17)22(18(24)21-16)14-7-5-13(20)6-8-14/h4-10,16H,3,11H2,1-2H3,(H,21,24)/t16-,19+/m0/s1. The van der Waals surface area contributed by atoms with Crippen molar-refractivity contribution in [1.82, 2.24) is 5.32 Å². The fraction of sp³-hybridized carbons (Fsp3) is 0.316. The van der Waals surface area contributed by atoms with Gasteiger partial charge in [0.25, 0.3) is 0 Å². The van der Waals surface area contributed by atoms with Crippen molar-refractivity contribution in [3.8, 4) is 5.75 Å². The Kier molecular flexibility index (Phi) is 3.49. The predicted octanol–water partition coefficient (Wildman–Crippen LogP) is 4.32.